The number of hydrogen-bond donors (Lipinski definition) is 3. The average molecular weight is 518 g/mol. The van der Waals surface area contributed by atoms with Crippen LogP contribution >= 0.6 is 0 Å². The van der Waals surface area contributed by atoms with Crippen molar-refractivity contribution in [1.29, 1.82) is 0 Å². The Kier molecular flexibility index (Phi) is 9.70. The van der Waals surface area contributed by atoms with Crippen LogP contribution in [0.3, 0.4) is 0 Å². The maximum Gasteiger partial charge on any atom is 0.407 e. The van der Waals surface area contributed by atoms with Gasteiger partial charge in [-0.2, -0.15) is 5.11 Å². The molecule has 0 spiro atoms. The molecule has 10 nitrogen and oxygen atoms in total. The molecule has 0 aliphatic rings. The zero-order valence-electron chi connectivity index (χ0n) is 20.7. The number of carbonyl (C=O) groups is 3. The summed E-state index contributed by atoms with van der Waals surface area (Å²) in [4.78, 5) is 35.7. The highest BCUT2D eigenvalue weighted by molar-refractivity contribution is 6.11. The van der Waals surface area contributed by atoms with E-state index in [1.165, 1.54) is 19.1 Å². The Labute approximate surface area is 219 Å². The fourth-order valence-electron chi connectivity index (χ4n) is 3.17. The number of carbonyl (C=O) groups excluding carboxylic acids is 3. The Morgan fingerprint density at radius 1 is 0.895 bits per heavy atom. The molecule has 0 unspecified atom stereocenters. The first-order chi connectivity index (χ1) is 18.3. The fraction of sp³-hybridized carbons (Fsp3) is 0.179. The highest BCUT2D eigenvalue weighted by Gasteiger charge is 2.19. The number of nitrogens with zero attached hydrogens (tertiary/aromatic N) is 2. The standard InChI is InChI=1S/C28H27N3O7/c1-18(2)27(35)37-17-15-29-28(36)38-16-14-19-8-10-21(11-9-19)30-31-24-23(32)13-12-22(26(24)34)25(33)20-6-4-3-5-7-20/h3-13,32,34H,1,14-17H2,2H3,(H,29,36). The summed E-state index contributed by atoms with van der Waals surface area (Å²) in [5.41, 5.74) is 1.75. The van der Waals surface area contributed by atoms with Crippen molar-refractivity contribution in [3.05, 3.63) is 95.6 Å². The van der Waals surface area contributed by atoms with Crippen molar-refractivity contribution in [3.63, 3.8) is 0 Å². The van der Waals surface area contributed by atoms with Crippen molar-refractivity contribution in [1.82, 2.24) is 5.32 Å². The molecule has 3 aromatic carbocycles. The normalized spacial score (nSPS) is 10.7. The summed E-state index contributed by atoms with van der Waals surface area (Å²) < 4.78 is 9.96. The van der Waals surface area contributed by atoms with E-state index in [1.807, 2.05) is 0 Å². The topological polar surface area (TPSA) is 147 Å². The second kappa shape index (κ2) is 13.4. The van der Waals surface area contributed by atoms with E-state index in [1.54, 1.807) is 54.6 Å². The van der Waals surface area contributed by atoms with Gasteiger partial charge >= 0.3 is 12.1 Å². The van der Waals surface area contributed by atoms with Gasteiger partial charge in [-0.05, 0) is 36.8 Å². The van der Waals surface area contributed by atoms with Crippen LogP contribution in [0.15, 0.2) is 89.1 Å². The van der Waals surface area contributed by atoms with Gasteiger partial charge in [-0.3, -0.25) is 4.79 Å². The minimum atomic E-state index is -0.630. The number of esters is 1. The number of aromatic hydroxyl groups is 2. The van der Waals surface area contributed by atoms with Gasteiger partial charge in [0.2, 0.25) is 0 Å². The summed E-state index contributed by atoms with van der Waals surface area (Å²) in [6, 6.07) is 17.9. The molecular weight excluding hydrogens is 490 g/mol. The maximum atomic E-state index is 12.7. The van der Waals surface area contributed by atoms with Crippen molar-refractivity contribution >= 4 is 29.2 Å². The van der Waals surface area contributed by atoms with Crippen LogP contribution in [-0.4, -0.2) is 47.8 Å². The minimum Gasteiger partial charge on any atom is -0.505 e. The summed E-state index contributed by atoms with van der Waals surface area (Å²) in [5.74, 6) is -1.73. The Morgan fingerprint density at radius 2 is 1.61 bits per heavy atom. The molecule has 0 heterocycles. The van der Waals surface area contributed by atoms with Crippen LogP contribution < -0.4 is 5.32 Å². The van der Waals surface area contributed by atoms with E-state index < -0.39 is 23.6 Å². The number of ether oxygens (including phenoxy) is 2. The molecule has 10 heteroatoms. The van der Waals surface area contributed by atoms with E-state index in [0.717, 1.165) is 5.56 Å². The number of alkyl carbamates (subject to hydrolysis) is 1. The molecule has 3 rings (SSSR count). The van der Waals surface area contributed by atoms with Crippen LogP contribution in [0.2, 0.25) is 0 Å². The maximum absolute atomic E-state index is 12.7. The molecule has 0 saturated heterocycles. The second-order valence-electron chi connectivity index (χ2n) is 8.12. The molecule has 0 bridgehead atoms. The van der Waals surface area contributed by atoms with Crippen LogP contribution in [0.4, 0.5) is 16.2 Å². The molecule has 38 heavy (non-hydrogen) atoms. The largest absolute Gasteiger partial charge is 0.505 e. The van der Waals surface area contributed by atoms with Crippen molar-refractivity contribution in [3.8, 4) is 11.5 Å². The Bertz CT molecular complexity index is 1340. The predicted molar refractivity (Wildman–Crippen MR) is 139 cm³/mol. The van der Waals surface area contributed by atoms with E-state index in [4.69, 9.17) is 9.47 Å². The quantitative estimate of drug-likeness (QED) is 0.105. The highest BCUT2D eigenvalue weighted by atomic mass is 16.6. The Hall–Kier alpha value is -4.99. The van der Waals surface area contributed by atoms with Crippen LogP contribution in [0.25, 0.3) is 0 Å². The number of ketones is 1. The first kappa shape index (κ1) is 27.6. The predicted octanol–water partition coefficient (Wildman–Crippen LogP) is 5.13. The van der Waals surface area contributed by atoms with E-state index in [9.17, 15) is 24.6 Å². The fourth-order valence-corrected chi connectivity index (χ4v) is 3.17. The molecule has 0 fully saturated rings. The summed E-state index contributed by atoms with van der Waals surface area (Å²) in [5, 5.41) is 31.2. The van der Waals surface area contributed by atoms with Gasteiger partial charge in [-0.25, -0.2) is 9.59 Å². The van der Waals surface area contributed by atoms with Gasteiger partial charge in [-0.15, -0.1) is 5.11 Å². The van der Waals surface area contributed by atoms with Crippen LogP contribution in [-0.2, 0) is 20.7 Å². The first-order valence-electron chi connectivity index (χ1n) is 11.6. The molecule has 0 aliphatic carbocycles. The summed E-state index contributed by atoms with van der Waals surface area (Å²) in [6.07, 6.45) is -0.185. The lowest BCUT2D eigenvalue weighted by Crippen LogP contribution is -2.29. The van der Waals surface area contributed by atoms with Gasteiger partial charge in [0, 0.05) is 17.6 Å². The smallest absolute Gasteiger partial charge is 0.407 e. The van der Waals surface area contributed by atoms with Crippen molar-refractivity contribution in [2.24, 2.45) is 10.2 Å². The molecule has 0 saturated carbocycles. The van der Waals surface area contributed by atoms with Crippen LogP contribution in [0.5, 0.6) is 11.5 Å². The molecular formula is C28H27N3O7. The Balaban J connectivity index is 1.52. The lowest BCUT2D eigenvalue weighted by atomic mass is 10.0. The number of rotatable bonds is 11. The van der Waals surface area contributed by atoms with Crippen LogP contribution in [0, 0.1) is 0 Å². The zero-order valence-corrected chi connectivity index (χ0v) is 20.7. The zero-order chi connectivity index (χ0) is 27.5. The van der Waals surface area contributed by atoms with E-state index >= 15 is 0 Å². The van der Waals surface area contributed by atoms with Crippen molar-refractivity contribution in [2.45, 2.75) is 13.3 Å². The average Bonchev–Trinajstić information content (AvgIpc) is 2.92. The molecule has 0 radical (unpaired) electrons. The van der Waals surface area contributed by atoms with Crippen molar-refractivity contribution < 1.29 is 34.1 Å². The third-order valence-electron chi connectivity index (χ3n) is 5.19. The van der Waals surface area contributed by atoms with E-state index in [2.05, 4.69) is 22.1 Å². The molecule has 0 aromatic heterocycles. The molecule has 196 valence electrons. The second-order valence-corrected chi connectivity index (χ2v) is 8.12. The third-order valence-corrected chi connectivity index (χ3v) is 5.19. The van der Waals surface area contributed by atoms with E-state index in [0.29, 0.717) is 17.7 Å². The monoisotopic (exact) mass is 517 g/mol. The minimum absolute atomic E-state index is 0.00443. The van der Waals surface area contributed by atoms with Gasteiger partial charge in [0.1, 0.15) is 12.4 Å². The summed E-state index contributed by atoms with van der Waals surface area (Å²) >= 11 is 0. The van der Waals surface area contributed by atoms with E-state index in [-0.39, 0.29) is 42.3 Å². The molecule has 1 amide bonds. The third kappa shape index (κ3) is 7.76. The van der Waals surface area contributed by atoms with Gasteiger partial charge in [0.25, 0.3) is 0 Å². The summed E-state index contributed by atoms with van der Waals surface area (Å²) in [7, 11) is 0. The Morgan fingerprint density at radius 3 is 2.29 bits per heavy atom. The molecule has 0 aliphatic heterocycles. The lowest BCUT2D eigenvalue weighted by molar-refractivity contribution is -0.138. The van der Waals surface area contributed by atoms with Crippen molar-refractivity contribution in [2.75, 3.05) is 19.8 Å². The van der Waals surface area contributed by atoms with Gasteiger partial charge < -0.3 is 25.0 Å². The summed E-state index contributed by atoms with van der Waals surface area (Å²) in [6.45, 7) is 5.25. The van der Waals surface area contributed by atoms with Crippen LogP contribution in [0.1, 0.15) is 28.4 Å². The van der Waals surface area contributed by atoms with Gasteiger partial charge in [0.05, 0.1) is 24.4 Å². The first-order valence-corrected chi connectivity index (χ1v) is 11.6. The molecule has 0 atom stereocenters. The number of azo groups is 1. The lowest BCUT2D eigenvalue weighted by Gasteiger charge is -2.08. The van der Waals surface area contributed by atoms with Gasteiger partial charge in [-0.1, -0.05) is 49.0 Å². The molecule has 3 aromatic rings. The number of benzene rings is 3. The number of nitrogens with one attached hydrogen (secondary N) is 1. The molecule has 3 N–H and O–H groups in total. The van der Waals surface area contributed by atoms with Gasteiger partial charge in [0.15, 0.2) is 17.2 Å². The number of amides is 1. The number of phenols is 2. The number of phenolic OH excluding ortho intramolecular Hbond substituents is 2. The SMILES string of the molecule is C=C(C)C(=O)OCCNC(=O)OCCc1ccc(N=Nc2c(O)ccc(C(=O)c3ccccc3)c2O)cc1. The number of hydrogen-bond acceptors (Lipinski definition) is 9. The highest BCUT2D eigenvalue weighted by Crippen LogP contribution is 2.40.